The first-order valence-corrected chi connectivity index (χ1v) is 11.4. The summed E-state index contributed by atoms with van der Waals surface area (Å²) in [7, 11) is 0. The summed E-state index contributed by atoms with van der Waals surface area (Å²) in [5.74, 6) is 1.73. The molecule has 3 aliphatic carbocycles. The van der Waals surface area contributed by atoms with E-state index in [0.29, 0.717) is 12.5 Å². The Morgan fingerprint density at radius 1 is 0.714 bits per heavy atom. The van der Waals surface area contributed by atoms with E-state index < -0.39 is 11.6 Å². The van der Waals surface area contributed by atoms with E-state index in [2.05, 4.69) is 4.29 Å². The maximum absolute atomic E-state index is 14.0. The largest absolute Gasteiger partial charge is 0.490 e. The van der Waals surface area contributed by atoms with E-state index in [1.54, 1.807) is 0 Å². The van der Waals surface area contributed by atoms with E-state index in [4.69, 9.17) is 16.6 Å². The number of rotatable bonds is 6. The van der Waals surface area contributed by atoms with Crippen LogP contribution in [0.2, 0.25) is 0 Å². The molecular formula is C23H31ClF2O2. The Labute approximate surface area is 172 Å². The van der Waals surface area contributed by atoms with Crippen molar-refractivity contribution in [2.24, 2.45) is 29.6 Å². The van der Waals surface area contributed by atoms with Crippen LogP contribution in [0.15, 0.2) is 12.1 Å². The van der Waals surface area contributed by atoms with E-state index in [1.807, 2.05) is 0 Å². The Bertz CT molecular complexity index is 648. The van der Waals surface area contributed by atoms with Gasteiger partial charge in [-0.05, 0) is 93.1 Å². The first-order valence-electron chi connectivity index (χ1n) is 11.0. The fraction of sp³-hybridized carbons (Fsp3) is 0.739. The molecule has 3 fully saturated rings. The van der Waals surface area contributed by atoms with Gasteiger partial charge in [-0.15, -0.1) is 0 Å². The highest BCUT2D eigenvalue weighted by atomic mass is 35.5. The fourth-order valence-electron chi connectivity index (χ4n) is 5.72. The molecule has 0 bridgehead atoms. The molecule has 0 heterocycles. The van der Waals surface area contributed by atoms with Crippen molar-refractivity contribution >= 4 is 11.9 Å². The van der Waals surface area contributed by atoms with Gasteiger partial charge in [0.2, 0.25) is 11.6 Å². The molecule has 3 saturated carbocycles. The summed E-state index contributed by atoms with van der Waals surface area (Å²) in [6.07, 6.45) is 14.9. The Balaban J connectivity index is 1.20. The minimum Gasteiger partial charge on any atom is -0.490 e. The van der Waals surface area contributed by atoms with Crippen LogP contribution in [-0.4, -0.2) is 6.61 Å². The van der Waals surface area contributed by atoms with Crippen molar-refractivity contribution in [2.45, 2.75) is 70.6 Å². The fourth-order valence-corrected chi connectivity index (χ4v) is 5.84. The zero-order valence-corrected chi connectivity index (χ0v) is 17.2. The van der Waals surface area contributed by atoms with E-state index in [1.165, 1.54) is 69.9 Å². The lowest BCUT2D eigenvalue weighted by molar-refractivity contribution is 0.0901. The molecule has 3 aliphatic rings. The van der Waals surface area contributed by atoms with Crippen LogP contribution in [0.4, 0.5) is 8.78 Å². The van der Waals surface area contributed by atoms with Crippen LogP contribution in [0.5, 0.6) is 11.5 Å². The smallest absolute Gasteiger partial charge is 0.206 e. The van der Waals surface area contributed by atoms with Crippen LogP contribution >= 0.6 is 11.9 Å². The molecular weight excluding hydrogens is 382 g/mol. The van der Waals surface area contributed by atoms with Crippen molar-refractivity contribution < 1.29 is 17.8 Å². The predicted octanol–water partition coefficient (Wildman–Crippen LogP) is 7.29. The minimum atomic E-state index is -1.10. The Morgan fingerprint density at radius 3 is 1.68 bits per heavy atom. The average Bonchev–Trinajstić information content (AvgIpc) is 2.69. The molecule has 0 aromatic heterocycles. The molecule has 0 saturated heterocycles. The van der Waals surface area contributed by atoms with Crippen molar-refractivity contribution in [3.8, 4) is 11.5 Å². The van der Waals surface area contributed by atoms with Crippen LogP contribution in [0.1, 0.15) is 70.6 Å². The number of hydrogen-bond acceptors (Lipinski definition) is 2. The monoisotopic (exact) mass is 412 g/mol. The average molecular weight is 413 g/mol. The summed E-state index contributed by atoms with van der Waals surface area (Å²) in [6.45, 7) is 0.443. The molecule has 0 amide bonds. The molecule has 0 unspecified atom stereocenters. The van der Waals surface area contributed by atoms with Crippen molar-refractivity contribution in [3.63, 3.8) is 0 Å². The van der Waals surface area contributed by atoms with Gasteiger partial charge in [0, 0.05) is 0 Å². The molecule has 1 aromatic rings. The number of ether oxygens (including phenoxy) is 1. The normalized spacial score (nSPS) is 31.2. The molecule has 4 rings (SSSR count). The lowest BCUT2D eigenvalue weighted by Crippen LogP contribution is -2.31. The zero-order valence-electron chi connectivity index (χ0n) is 16.5. The van der Waals surface area contributed by atoms with E-state index in [9.17, 15) is 8.78 Å². The standard InChI is InChI=1S/C23H31ClF2O2/c24-28-21-13-12-20(22(25)23(21)26)27-14-15-4-6-17(7-5-15)19-10-8-18(9-11-19)16-2-1-3-16/h12-13,15-19H,1-11,14H2. The minimum absolute atomic E-state index is 0.0635. The summed E-state index contributed by atoms with van der Waals surface area (Å²) in [5.41, 5.74) is 0. The Morgan fingerprint density at radius 2 is 1.18 bits per heavy atom. The van der Waals surface area contributed by atoms with Gasteiger partial charge in [-0.3, -0.25) is 0 Å². The second kappa shape index (κ2) is 9.19. The third kappa shape index (κ3) is 4.42. The highest BCUT2D eigenvalue weighted by molar-refractivity contribution is 6.09. The number of halogens is 3. The highest BCUT2D eigenvalue weighted by Crippen LogP contribution is 2.46. The molecule has 0 spiro atoms. The van der Waals surface area contributed by atoms with Crippen molar-refractivity contribution in [1.82, 2.24) is 0 Å². The molecule has 28 heavy (non-hydrogen) atoms. The van der Waals surface area contributed by atoms with Gasteiger partial charge in [0.25, 0.3) is 0 Å². The molecule has 1 aromatic carbocycles. The lowest BCUT2D eigenvalue weighted by Gasteiger charge is -2.42. The lowest BCUT2D eigenvalue weighted by atomic mass is 9.64. The zero-order chi connectivity index (χ0) is 19.5. The SMILES string of the molecule is Fc1c(OCl)ccc(OCC2CCC(C3CCC(C4CCC4)CC3)CC2)c1F. The van der Waals surface area contributed by atoms with E-state index in [-0.39, 0.29) is 11.5 Å². The maximum atomic E-state index is 14.0. The van der Waals surface area contributed by atoms with Crippen molar-refractivity contribution in [3.05, 3.63) is 23.8 Å². The predicted molar refractivity (Wildman–Crippen MR) is 107 cm³/mol. The Hall–Kier alpha value is -1.03. The molecule has 5 heteroatoms. The summed E-state index contributed by atoms with van der Waals surface area (Å²) in [6, 6.07) is 2.67. The van der Waals surface area contributed by atoms with Gasteiger partial charge in [0.1, 0.15) is 11.9 Å². The third-order valence-corrected chi connectivity index (χ3v) is 7.93. The van der Waals surface area contributed by atoms with Gasteiger partial charge in [-0.25, -0.2) is 0 Å². The van der Waals surface area contributed by atoms with Crippen LogP contribution in [0, 0.1) is 41.2 Å². The van der Waals surface area contributed by atoms with Gasteiger partial charge in [0.05, 0.1) is 6.61 Å². The van der Waals surface area contributed by atoms with Gasteiger partial charge < -0.3 is 9.03 Å². The maximum Gasteiger partial charge on any atom is 0.206 e. The number of benzene rings is 1. The van der Waals surface area contributed by atoms with Gasteiger partial charge >= 0.3 is 0 Å². The van der Waals surface area contributed by atoms with Crippen molar-refractivity contribution in [1.29, 1.82) is 0 Å². The van der Waals surface area contributed by atoms with Crippen LogP contribution < -0.4 is 9.03 Å². The molecule has 0 radical (unpaired) electrons. The summed E-state index contributed by atoms with van der Waals surface area (Å²) >= 11 is 5.12. The van der Waals surface area contributed by atoms with E-state index in [0.717, 1.165) is 36.5 Å². The number of hydrogen-bond donors (Lipinski definition) is 0. The second-order valence-corrected chi connectivity index (χ2v) is 9.38. The van der Waals surface area contributed by atoms with Gasteiger partial charge in [0.15, 0.2) is 11.5 Å². The summed E-state index contributed by atoms with van der Waals surface area (Å²) < 4.78 is 37.6. The first-order chi connectivity index (χ1) is 13.7. The quantitative estimate of drug-likeness (QED) is 0.488. The molecule has 0 atom stereocenters. The summed E-state index contributed by atoms with van der Waals surface area (Å²) in [4.78, 5) is 0. The summed E-state index contributed by atoms with van der Waals surface area (Å²) in [5, 5.41) is 0. The van der Waals surface area contributed by atoms with Gasteiger partial charge in [-0.1, -0.05) is 19.3 Å². The second-order valence-electron chi connectivity index (χ2n) is 9.22. The molecule has 0 aliphatic heterocycles. The molecule has 2 nitrogen and oxygen atoms in total. The Kier molecular flexibility index (Phi) is 6.65. The topological polar surface area (TPSA) is 18.5 Å². The molecule has 0 N–H and O–H groups in total. The van der Waals surface area contributed by atoms with Gasteiger partial charge in [-0.2, -0.15) is 8.78 Å². The highest BCUT2D eigenvalue weighted by Gasteiger charge is 2.35. The van der Waals surface area contributed by atoms with Crippen LogP contribution in [0.3, 0.4) is 0 Å². The van der Waals surface area contributed by atoms with Crippen molar-refractivity contribution in [2.75, 3.05) is 6.61 Å². The van der Waals surface area contributed by atoms with Crippen LogP contribution in [-0.2, 0) is 0 Å². The molecule has 156 valence electrons. The van der Waals surface area contributed by atoms with Crippen LogP contribution in [0.25, 0.3) is 0 Å². The first kappa shape index (κ1) is 20.3. The third-order valence-electron chi connectivity index (χ3n) is 7.76. The van der Waals surface area contributed by atoms with E-state index >= 15 is 0 Å².